The van der Waals surface area contributed by atoms with Crippen LogP contribution in [0.4, 0.5) is 5.69 Å². The maximum atomic E-state index is 12.6. The van der Waals surface area contributed by atoms with E-state index >= 15 is 0 Å². The van der Waals surface area contributed by atoms with Gasteiger partial charge in [-0.3, -0.25) is 9.89 Å². The van der Waals surface area contributed by atoms with Gasteiger partial charge in [0.1, 0.15) is 5.56 Å². The standard InChI is InChI=1S/C16H10Cl2N6O/c17-11-3-2-9(6-12(11)18)14-13(8-20-23-14)22-16(25)10-7-21-24-5-1-4-19-15(10)24/h1-8H,(H,20,23)(H,22,25). The first-order valence-electron chi connectivity index (χ1n) is 7.22. The maximum absolute atomic E-state index is 12.6. The number of anilines is 1. The molecule has 9 heteroatoms. The fraction of sp³-hybridized carbons (Fsp3) is 0. The van der Waals surface area contributed by atoms with Crippen LogP contribution in [0.1, 0.15) is 10.4 Å². The summed E-state index contributed by atoms with van der Waals surface area (Å²) in [6.07, 6.45) is 6.32. The van der Waals surface area contributed by atoms with E-state index in [0.29, 0.717) is 32.6 Å². The SMILES string of the molecule is O=C(Nc1cn[nH]c1-c1ccc(Cl)c(Cl)c1)c1cnn2cccnc12. The van der Waals surface area contributed by atoms with Crippen molar-refractivity contribution in [2.24, 2.45) is 0 Å². The summed E-state index contributed by atoms with van der Waals surface area (Å²) >= 11 is 12.0. The van der Waals surface area contributed by atoms with Gasteiger partial charge in [-0.05, 0) is 18.2 Å². The van der Waals surface area contributed by atoms with Gasteiger partial charge in [-0.15, -0.1) is 0 Å². The van der Waals surface area contributed by atoms with E-state index in [1.807, 2.05) is 0 Å². The van der Waals surface area contributed by atoms with E-state index < -0.39 is 0 Å². The number of H-pyrrole nitrogens is 1. The number of rotatable bonds is 3. The molecule has 0 saturated heterocycles. The second kappa shape index (κ2) is 6.19. The Labute approximate surface area is 151 Å². The molecule has 0 atom stereocenters. The summed E-state index contributed by atoms with van der Waals surface area (Å²) in [6, 6.07) is 6.90. The van der Waals surface area contributed by atoms with E-state index in [4.69, 9.17) is 23.2 Å². The van der Waals surface area contributed by atoms with Crippen LogP contribution in [-0.2, 0) is 0 Å². The minimum atomic E-state index is -0.337. The maximum Gasteiger partial charge on any atom is 0.261 e. The first-order valence-corrected chi connectivity index (χ1v) is 7.97. The lowest BCUT2D eigenvalue weighted by molar-refractivity contribution is 0.102. The summed E-state index contributed by atoms with van der Waals surface area (Å²) in [7, 11) is 0. The monoisotopic (exact) mass is 372 g/mol. The minimum Gasteiger partial charge on any atom is -0.319 e. The number of carbonyl (C=O) groups is 1. The molecular weight excluding hydrogens is 363 g/mol. The van der Waals surface area contributed by atoms with Crippen LogP contribution in [0.15, 0.2) is 49.1 Å². The number of nitrogens with zero attached hydrogens (tertiary/aromatic N) is 4. The summed E-state index contributed by atoms with van der Waals surface area (Å²) < 4.78 is 1.53. The number of hydrogen-bond acceptors (Lipinski definition) is 4. The zero-order chi connectivity index (χ0) is 17.4. The van der Waals surface area contributed by atoms with Crippen molar-refractivity contribution in [3.63, 3.8) is 0 Å². The van der Waals surface area contributed by atoms with Crippen LogP contribution < -0.4 is 5.32 Å². The third-order valence-corrected chi connectivity index (χ3v) is 4.36. The van der Waals surface area contributed by atoms with Gasteiger partial charge >= 0.3 is 0 Å². The van der Waals surface area contributed by atoms with Crippen molar-refractivity contribution >= 4 is 40.4 Å². The smallest absolute Gasteiger partial charge is 0.261 e. The van der Waals surface area contributed by atoms with Gasteiger partial charge in [-0.1, -0.05) is 29.3 Å². The van der Waals surface area contributed by atoms with Crippen LogP contribution in [0.25, 0.3) is 16.9 Å². The topological polar surface area (TPSA) is 88.0 Å². The van der Waals surface area contributed by atoms with E-state index in [1.54, 1.807) is 36.7 Å². The molecule has 124 valence electrons. The van der Waals surface area contributed by atoms with Gasteiger partial charge in [0.25, 0.3) is 5.91 Å². The average Bonchev–Trinajstić information content (AvgIpc) is 3.24. The molecule has 3 heterocycles. The second-order valence-electron chi connectivity index (χ2n) is 5.19. The van der Waals surface area contributed by atoms with Crippen molar-refractivity contribution in [3.8, 4) is 11.3 Å². The number of benzene rings is 1. The van der Waals surface area contributed by atoms with Gasteiger partial charge in [0, 0.05) is 18.0 Å². The molecule has 1 amide bonds. The number of amides is 1. The van der Waals surface area contributed by atoms with Crippen molar-refractivity contribution in [2.45, 2.75) is 0 Å². The summed E-state index contributed by atoms with van der Waals surface area (Å²) in [6.45, 7) is 0. The van der Waals surface area contributed by atoms with Crippen LogP contribution in [0.3, 0.4) is 0 Å². The molecule has 0 saturated carbocycles. The number of aromatic nitrogens is 5. The van der Waals surface area contributed by atoms with E-state index in [1.165, 1.54) is 16.9 Å². The molecule has 0 aliphatic rings. The molecule has 1 aromatic carbocycles. The molecule has 0 fully saturated rings. The number of aromatic amines is 1. The fourth-order valence-electron chi connectivity index (χ4n) is 2.43. The normalized spacial score (nSPS) is 11.0. The first-order chi connectivity index (χ1) is 12.1. The van der Waals surface area contributed by atoms with E-state index in [2.05, 4.69) is 25.6 Å². The van der Waals surface area contributed by atoms with Crippen molar-refractivity contribution in [1.29, 1.82) is 0 Å². The summed E-state index contributed by atoms with van der Waals surface area (Å²) in [5.74, 6) is -0.337. The lowest BCUT2D eigenvalue weighted by Gasteiger charge is -2.06. The number of hydrogen-bond donors (Lipinski definition) is 2. The van der Waals surface area contributed by atoms with E-state index in [-0.39, 0.29) is 5.91 Å². The zero-order valence-electron chi connectivity index (χ0n) is 12.6. The summed E-state index contributed by atoms with van der Waals surface area (Å²) in [5.41, 5.74) is 2.72. The first kappa shape index (κ1) is 15.6. The fourth-order valence-corrected chi connectivity index (χ4v) is 2.73. The molecular formula is C16H10Cl2N6O. The highest BCUT2D eigenvalue weighted by atomic mass is 35.5. The average molecular weight is 373 g/mol. The Morgan fingerprint density at radius 3 is 2.92 bits per heavy atom. The number of nitrogens with one attached hydrogen (secondary N) is 2. The molecule has 4 aromatic rings. The highest BCUT2D eigenvalue weighted by Gasteiger charge is 2.17. The van der Waals surface area contributed by atoms with Crippen LogP contribution in [0.2, 0.25) is 10.0 Å². The molecule has 4 rings (SSSR count). The van der Waals surface area contributed by atoms with Crippen molar-refractivity contribution < 1.29 is 4.79 Å². The summed E-state index contributed by atoms with van der Waals surface area (Å²) in [4.78, 5) is 16.8. The number of carbonyl (C=O) groups excluding carboxylic acids is 1. The Bertz CT molecular complexity index is 1090. The molecule has 0 bridgehead atoms. The van der Waals surface area contributed by atoms with E-state index in [9.17, 15) is 4.79 Å². The third kappa shape index (κ3) is 2.84. The van der Waals surface area contributed by atoms with E-state index in [0.717, 1.165) is 5.56 Å². The highest BCUT2D eigenvalue weighted by molar-refractivity contribution is 6.42. The van der Waals surface area contributed by atoms with Crippen LogP contribution >= 0.6 is 23.2 Å². The minimum absolute atomic E-state index is 0.337. The van der Waals surface area contributed by atoms with Gasteiger partial charge in [0.2, 0.25) is 0 Å². The highest BCUT2D eigenvalue weighted by Crippen LogP contribution is 2.31. The van der Waals surface area contributed by atoms with Crippen LogP contribution in [-0.4, -0.2) is 30.7 Å². The van der Waals surface area contributed by atoms with Gasteiger partial charge < -0.3 is 5.32 Å². The Balaban J connectivity index is 1.67. The lowest BCUT2D eigenvalue weighted by Crippen LogP contribution is -2.12. The largest absolute Gasteiger partial charge is 0.319 e. The summed E-state index contributed by atoms with van der Waals surface area (Å²) in [5, 5.41) is 14.6. The Morgan fingerprint density at radius 2 is 2.08 bits per heavy atom. The van der Waals surface area contributed by atoms with Crippen LogP contribution in [0.5, 0.6) is 0 Å². The third-order valence-electron chi connectivity index (χ3n) is 3.62. The molecule has 0 aliphatic carbocycles. The quantitative estimate of drug-likeness (QED) is 0.574. The number of fused-ring (bicyclic) bond motifs is 1. The lowest BCUT2D eigenvalue weighted by atomic mass is 10.1. The number of halogens is 2. The second-order valence-corrected chi connectivity index (χ2v) is 6.00. The van der Waals surface area contributed by atoms with Crippen LogP contribution in [0, 0.1) is 0 Å². The van der Waals surface area contributed by atoms with Crippen molar-refractivity contribution in [1.82, 2.24) is 24.8 Å². The predicted octanol–water partition coefficient (Wildman–Crippen LogP) is 3.68. The zero-order valence-corrected chi connectivity index (χ0v) is 14.1. The molecule has 2 N–H and O–H groups in total. The van der Waals surface area contributed by atoms with Gasteiger partial charge in [-0.2, -0.15) is 10.2 Å². The molecule has 25 heavy (non-hydrogen) atoms. The van der Waals surface area contributed by atoms with Crippen molar-refractivity contribution in [2.75, 3.05) is 5.32 Å². The van der Waals surface area contributed by atoms with Gasteiger partial charge in [0.05, 0.1) is 33.8 Å². The van der Waals surface area contributed by atoms with Gasteiger partial charge in [-0.25, -0.2) is 9.50 Å². The molecule has 3 aromatic heterocycles. The molecule has 0 aliphatic heterocycles. The predicted molar refractivity (Wildman–Crippen MR) is 95.0 cm³/mol. The Morgan fingerprint density at radius 1 is 1.20 bits per heavy atom. The van der Waals surface area contributed by atoms with Gasteiger partial charge in [0.15, 0.2) is 5.65 Å². The Kier molecular flexibility index (Phi) is 3.87. The molecule has 0 unspecified atom stereocenters. The molecule has 7 nitrogen and oxygen atoms in total. The molecule has 0 radical (unpaired) electrons. The molecule has 0 spiro atoms. The van der Waals surface area contributed by atoms with Crippen molar-refractivity contribution in [3.05, 3.63) is 64.7 Å². The Hall–Kier alpha value is -2.90.